The molecule has 0 saturated heterocycles. The van der Waals surface area contributed by atoms with E-state index in [2.05, 4.69) is 42.0 Å². The summed E-state index contributed by atoms with van der Waals surface area (Å²) in [6, 6.07) is 8.38. The van der Waals surface area contributed by atoms with Crippen molar-refractivity contribution in [2.24, 2.45) is 0 Å². The van der Waals surface area contributed by atoms with Crippen molar-refractivity contribution in [2.45, 2.75) is 20.5 Å². The van der Waals surface area contributed by atoms with Crippen LogP contribution in [0.15, 0.2) is 36.0 Å². The minimum Gasteiger partial charge on any atom is -0.472 e. The molecule has 3 rings (SSSR count). The van der Waals surface area contributed by atoms with E-state index in [0.717, 1.165) is 10.2 Å². The van der Waals surface area contributed by atoms with Crippen LogP contribution in [0.2, 0.25) is 0 Å². The van der Waals surface area contributed by atoms with Gasteiger partial charge in [-0.05, 0) is 36.4 Å². The zero-order valence-corrected chi connectivity index (χ0v) is 11.7. The van der Waals surface area contributed by atoms with Gasteiger partial charge >= 0.3 is 0 Å². The summed E-state index contributed by atoms with van der Waals surface area (Å²) in [5.74, 6) is 0.659. The van der Waals surface area contributed by atoms with Gasteiger partial charge in [-0.1, -0.05) is 23.8 Å². The van der Waals surface area contributed by atoms with Gasteiger partial charge in [-0.2, -0.15) is 0 Å². The number of benzene rings is 1. The summed E-state index contributed by atoms with van der Waals surface area (Å²) >= 11 is 1.60. The van der Waals surface area contributed by atoms with Gasteiger partial charge in [-0.15, -0.1) is 11.3 Å². The molecule has 96 valence electrons. The Hall–Kier alpha value is -1.94. The van der Waals surface area contributed by atoms with Gasteiger partial charge in [0.15, 0.2) is 0 Å². The lowest BCUT2D eigenvalue weighted by Crippen LogP contribution is -2.00. The summed E-state index contributed by atoms with van der Waals surface area (Å²) < 4.78 is 5.86. The van der Waals surface area contributed by atoms with Crippen LogP contribution in [-0.2, 0) is 6.61 Å². The van der Waals surface area contributed by atoms with Crippen molar-refractivity contribution in [3.8, 4) is 5.88 Å². The fraction of sp³-hybridized carbons (Fsp3) is 0.200. The maximum atomic E-state index is 5.86. The lowest BCUT2D eigenvalue weighted by atomic mass is 10.1. The number of aryl methyl sites for hydroxylation is 2. The molecule has 0 fully saturated rings. The zero-order valence-electron chi connectivity index (χ0n) is 10.9. The number of nitrogens with zero attached hydrogens (tertiary/aromatic N) is 2. The molecular weight excluding hydrogens is 256 g/mol. The first kappa shape index (κ1) is 12.1. The van der Waals surface area contributed by atoms with Gasteiger partial charge in [0.2, 0.25) is 5.88 Å². The van der Waals surface area contributed by atoms with Gasteiger partial charge in [-0.3, -0.25) is 0 Å². The second kappa shape index (κ2) is 4.97. The molecule has 1 aromatic carbocycles. The highest BCUT2D eigenvalue weighted by Crippen LogP contribution is 2.26. The lowest BCUT2D eigenvalue weighted by molar-refractivity contribution is 0.297. The zero-order chi connectivity index (χ0) is 13.2. The van der Waals surface area contributed by atoms with E-state index < -0.39 is 0 Å². The maximum Gasteiger partial charge on any atom is 0.225 e. The van der Waals surface area contributed by atoms with E-state index in [1.165, 1.54) is 16.7 Å². The van der Waals surface area contributed by atoms with Crippen LogP contribution in [0.3, 0.4) is 0 Å². The minimum absolute atomic E-state index is 0.537. The van der Waals surface area contributed by atoms with Crippen LogP contribution in [0.1, 0.15) is 16.7 Å². The van der Waals surface area contributed by atoms with E-state index in [1.807, 2.05) is 11.4 Å². The number of aromatic nitrogens is 2. The normalized spacial score (nSPS) is 10.8. The minimum atomic E-state index is 0.537. The van der Waals surface area contributed by atoms with Crippen LogP contribution in [0.4, 0.5) is 0 Å². The van der Waals surface area contributed by atoms with Crippen molar-refractivity contribution in [3.05, 3.63) is 52.7 Å². The second-order valence-corrected chi connectivity index (χ2v) is 5.43. The van der Waals surface area contributed by atoms with Crippen molar-refractivity contribution < 1.29 is 4.74 Å². The summed E-state index contributed by atoms with van der Waals surface area (Å²) in [6.07, 6.45) is 1.55. The summed E-state index contributed by atoms with van der Waals surface area (Å²) in [6.45, 7) is 4.72. The van der Waals surface area contributed by atoms with Gasteiger partial charge in [0.05, 0.1) is 5.39 Å². The monoisotopic (exact) mass is 270 g/mol. The molecule has 2 heterocycles. The molecule has 0 radical (unpaired) electrons. The van der Waals surface area contributed by atoms with Crippen LogP contribution >= 0.6 is 11.3 Å². The highest BCUT2D eigenvalue weighted by atomic mass is 32.1. The molecular formula is C15H14N2OS. The number of hydrogen-bond acceptors (Lipinski definition) is 4. The fourth-order valence-corrected chi connectivity index (χ4v) is 2.71. The molecule has 0 amide bonds. The Labute approximate surface area is 115 Å². The summed E-state index contributed by atoms with van der Waals surface area (Å²) in [4.78, 5) is 9.40. The smallest absolute Gasteiger partial charge is 0.225 e. The average molecular weight is 270 g/mol. The van der Waals surface area contributed by atoms with Crippen LogP contribution in [0.25, 0.3) is 10.2 Å². The highest BCUT2D eigenvalue weighted by molar-refractivity contribution is 7.16. The first-order valence-electron chi connectivity index (χ1n) is 6.11. The van der Waals surface area contributed by atoms with Crippen molar-refractivity contribution in [2.75, 3.05) is 0 Å². The number of ether oxygens (including phenoxy) is 1. The first-order valence-corrected chi connectivity index (χ1v) is 6.99. The topological polar surface area (TPSA) is 35.0 Å². The van der Waals surface area contributed by atoms with Crippen LogP contribution in [-0.4, -0.2) is 9.97 Å². The van der Waals surface area contributed by atoms with Crippen LogP contribution < -0.4 is 4.74 Å². The maximum absolute atomic E-state index is 5.86. The van der Waals surface area contributed by atoms with Crippen molar-refractivity contribution in [1.82, 2.24) is 9.97 Å². The molecule has 3 aromatic rings. The molecule has 0 bridgehead atoms. The molecule has 3 nitrogen and oxygen atoms in total. The van der Waals surface area contributed by atoms with Crippen LogP contribution in [0, 0.1) is 13.8 Å². The second-order valence-electron chi connectivity index (χ2n) is 4.54. The summed E-state index contributed by atoms with van der Waals surface area (Å²) in [5.41, 5.74) is 3.68. The summed E-state index contributed by atoms with van der Waals surface area (Å²) in [5, 5.41) is 2.99. The SMILES string of the molecule is Cc1ccc(C)c(COc2ncnc3sccc23)c1. The van der Waals surface area contributed by atoms with E-state index >= 15 is 0 Å². The van der Waals surface area contributed by atoms with Gasteiger partial charge in [-0.25, -0.2) is 9.97 Å². The lowest BCUT2D eigenvalue weighted by Gasteiger charge is -2.09. The van der Waals surface area contributed by atoms with Gasteiger partial charge in [0.25, 0.3) is 0 Å². The first-order chi connectivity index (χ1) is 9.24. The Bertz CT molecular complexity index is 721. The molecule has 2 aromatic heterocycles. The predicted molar refractivity (Wildman–Crippen MR) is 77.7 cm³/mol. The largest absolute Gasteiger partial charge is 0.472 e. The third-order valence-electron chi connectivity index (χ3n) is 3.09. The molecule has 0 aliphatic rings. The Balaban J connectivity index is 1.86. The van der Waals surface area contributed by atoms with Gasteiger partial charge < -0.3 is 4.74 Å². The number of hydrogen-bond donors (Lipinski definition) is 0. The molecule has 0 aliphatic heterocycles. The molecule has 0 aliphatic carbocycles. The van der Waals surface area contributed by atoms with E-state index in [9.17, 15) is 0 Å². The van der Waals surface area contributed by atoms with Crippen molar-refractivity contribution in [1.29, 1.82) is 0 Å². The Morgan fingerprint density at radius 2 is 2.05 bits per heavy atom. The Kier molecular flexibility index (Phi) is 3.17. The Morgan fingerprint density at radius 1 is 1.16 bits per heavy atom. The molecule has 0 atom stereocenters. The third kappa shape index (κ3) is 2.44. The molecule has 0 saturated carbocycles. The molecule has 0 N–H and O–H groups in total. The third-order valence-corrected chi connectivity index (χ3v) is 3.91. The van der Waals surface area contributed by atoms with E-state index in [1.54, 1.807) is 17.7 Å². The van der Waals surface area contributed by atoms with E-state index in [-0.39, 0.29) is 0 Å². The average Bonchev–Trinajstić information content (AvgIpc) is 2.88. The molecule has 0 spiro atoms. The highest BCUT2D eigenvalue weighted by Gasteiger charge is 2.07. The fourth-order valence-electron chi connectivity index (χ4n) is 1.98. The van der Waals surface area contributed by atoms with Crippen LogP contribution in [0.5, 0.6) is 5.88 Å². The molecule has 0 unspecified atom stereocenters. The summed E-state index contributed by atoms with van der Waals surface area (Å²) in [7, 11) is 0. The predicted octanol–water partition coefficient (Wildman–Crippen LogP) is 3.89. The number of rotatable bonds is 3. The quantitative estimate of drug-likeness (QED) is 0.724. The van der Waals surface area contributed by atoms with Crippen molar-refractivity contribution >= 4 is 21.6 Å². The van der Waals surface area contributed by atoms with E-state index in [4.69, 9.17) is 4.74 Å². The van der Waals surface area contributed by atoms with E-state index in [0.29, 0.717) is 12.5 Å². The van der Waals surface area contributed by atoms with Gasteiger partial charge in [0, 0.05) is 0 Å². The number of fused-ring (bicyclic) bond motifs is 1. The molecule has 4 heteroatoms. The van der Waals surface area contributed by atoms with Gasteiger partial charge in [0.1, 0.15) is 17.8 Å². The Morgan fingerprint density at radius 3 is 2.95 bits per heavy atom. The standard InChI is InChI=1S/C15H14N2OS/c1-10-3-4-11(2)12(7-10)8-18-14-13-5-6-19-15(13)17-9-16-14/h3-7,9H,8H2,1-2H3. The number of thiophene rings is 1. The van der Waals surface area contributed by atoms with Crippen molar-refractivity contribution in [3.63, 3.8) is 0 Å². The molecule has 19 heavy (non-hydrogen) atoms.